The Morgan fingerprint density at radius 1 is 1.17 bits per heavy atom. The lowest BCUT2D eigenvalue weighted by atomic mass is 9.85. The Morgan fingerprint density at radius 2 is 2.00 bits per heavy atom. The number of nitrogens with zero attached hydrogens (tertiary/aromatic N) is 1. The highest BCUT2D eigenvalue weighted by atomic mass is 16.5. The molecule has 1 fully saturated rings. The van der Waals surface area contributed by atoms with E-state index in [4.69, 9.17) is 4.74 Å². The van der Waals surface area contributed by atoms with Crippen LogP contribution in [0.1, 0.15) is 32.1 Å². The normalized spacial score (nSPS) is 30.2. The van der Waals surface area contributed by atoms with Gasteiger partial charge in [-0.2, -0.15) is 0 Å². The van der Waals surface area contributed by atoms with Crippen LogP contribution in [-0.4, -0.2) is 12.3 Å². The third-order valence-corrected chi connectivity index (χ3v) is 2.73. The van der Waals surface area contributed by atoms with Gasteiger partial charge in [-0.05, 0) is 12.8 Å². The summed E-state index contributed by atoms with van der Waals surface area (Å²) in [6.07, 6.45) is 12.4. The van der Waals surface area contributed by atoms with E-state index in [9.17, 15) is 0 Å². The average Bonchev–Trinajstić information content (AvgIpc) is 2.21. The average molecular weight is 165 g/mol. The van der Waals surface area contributed by atoms with Crippen molar-refractivity contribution in [2.75, 3.05) is 0 Å². The number of aliphatic imine (C=N–C) groups is 1. The summed E-state index contributed by atoms with van der Waals surface area (Å²) in [6, 6.07) is 0. The number of hydrogen-bond acceptors (Lipinski definition) is 2. The molecule has 1 aliphatic carbocycles. The van der Waals surface area contributed by atoms with Crippen LogP contribution in [0.25, 0.3) is 0 Å². The minimum absolute atomic E-state index is 0.260. The van der Waals surface area contributed by atoms with Gasteiger partial charge < -0.3 is 4.74 Å². The molecule has 0 aromatic carbocycles. The van der Waals surface area contributed by atoms with Gasteiger partial charge in [0.2, 0.25) is 0 Å². The zero-order valence-electron chi connectivity index (χ0n) is 7.28. The van der Waals surface area contributed by atoms with Crippen molar-refractivity contribution in [3.63, 3.8) is 0 Å². The van der Waals surface area contributed by atoms with Crippen molar-refractivity contribution in [2.24, 2.45) is 10.9 Å². The van der Waals surface area contributed by atoms with Crippen LogP contribution in [0.5, 0.6) is 0 Å². The Kier molecular flexibility index (Phi) is 2.45. The molecule has 2 aliphatic rings. The quantitative estimate of drug-likeness (QED) is 0.585. The minimum atomic E-state index is 0.260. The first-order valence-corrected chi connectivity index (χ1v) is 4.80. The van der Waals surface area contributed by atoms with Crippen LogP contribution in [0, 0.1) is 5.92 Å². The molecule has 0 amide bonds. The fraction of sp³-hybridized carbons (Fsp3) is 0.700. The summed E-state index contributed by atoms with van der Waals surface area (Å²) in [7, 11) is 0. The third kappa shape index (κ3) is 1.68. The predicted molar refractivity (Wildman–Crippen MR) is 49.1 cm³/mol. The summed E-state index contributed by atoms with van der Waals surface area (Å²) >= 11 is 0. The number of rotatable bonds is 1. The molecule has 1 heterocycles. The van der Waals surface area contributed by atoms with Crippen molar-refractivity contribution in [1.29, 1.82) is 0 Å². The lowest BCUT2D eigenvalue weighted by Crippen LogP contribution is -2.26. The fourth-order valence-corrected chi connectivity index (χ4v) is 2.03. The molecule has 0 saturated heterocycles. The van der Waals surface area contributed by atoms with Crippen LogP contribution in [0.15, 0.2) is 17.5 Å². The van der Waals surface area contributed by atoms with Gasteiger partial charge in [-0.1, -0.05) is 19.3 Å². The van der Waals surface area contributed by atoms with E-state index in [1.807, 2.05) is 6.21 Å². The smallest absolute Gasteiger partial charge is 0.136 e. The molecule has 0 spiro atoms. The first kappa shape index (κ1) is 7.84. The van der Waals surface area contributed by atoms with E-state index in [1.54, 1.807) is 12.5 Å². The molecular formula is C10H15NO. The highest BCUT2D eigenvalue weighted by molar-refractivity contribution is 5.65. The SMILES string of the molecule is C1=COC(C2CCCCC2)C=N1. The summed E-state index contributed by atoms with van der Waals surface area (Å²) in [5.41, 5.74) is 0. The van der Waals surface area contributed by atoms with E-state index >= 15 is 0 Å². The van der Waals surface area contributed by atoms with Crippen LogP contribution in [-0.2, 0) is 4.74 Å². The van der Waals surface area contributed by atoms with Crippen LogP contribution < -0.4 is 0 Å². The number of ether oxygens (including phenoxy) is 1. The van der Waals surface area contributed by atoms with Gasteiger partial charge in [0, 0.05) is 12.1 Å². The van der Waals surface area contributed by atoms with Gasteiger partial charge in [-0.3, -0.25) is 4.99 Å². The van der Waals surface area contributed by atoms with Crippen molar-refractivity contribution in [3.8, 4) is 0 Å². The van der Waals surface area contributed by atoms with Gasteiger partial charge in [0.05, 0.1) is 6.20 Å². The second-order valence-corrected chi connectivity index (χ2v) is 3.58. The van der Waals surface area contributed by atoms with Crippen molar-refractivity contribution in [1.82, 2.24) is 0 Å². The molecule has 2 rings (SSSR count). The van der Waals surface area contributed by atoms with Gasteiger partial charge in [-0.25, -0.2) is 0 Å². The van der Waals surface area contributed by atoms with Crippen molar-refractivity contribution in [2.45, 2.75) is 38.2 Å². The van der Waals surface area contributed by atoms with E-state index in [2.05, 4.69) is 4.99 Å². The molecule has 1 saturated carbocycles. The van der Waals surface area contributed by atoms with Crippen LogP contribution in [0.4, 0.5) is 0 Å². The zero-order chi connectivity index (χ0) is 8.23. The maximum Gasteiger partial charge on any atom is 0.136 e. The Hall–Kier alpha value is -0.790. The summed E-state index contributed by atoms with van der Waals surface area (Å²) < 4.78 is 5.49. The Labute approximate surface area is 73.3 Å². The minimum Gasteiger partial charge on any atom is -0.490 e. The molecule has 12 heavy (non-hydrogen) atoms. The summed E-state index contributed by atoms with van der Waals surface area (Å²) in [4.78, 5) is 4.10. The Balaban J connectivity index is 1.90. The lowest BCUT2D eigenvalue weighted by molar-refractivity contribution is 0.119. The predicted octanol–water partition coefficient (Wildman–Crippen LogP) is 2.51. The molecule has 66 valence electrons. The zero-order valence-corrected chi connectivity index (χ0v) is 7.28. The molecule has 0 aromatic rings. The molecule has 2 heteroatoms. The summed E-state index contributed by atoms with van der Waals surface area (Å²) in [5.74, 6) is 0.715. The highest BCUT2D eigenvalue weighted by Gasteiger charge is 2.23. The monoisotopic (exact) mass is 165 g/mol. The molecule has 0 N–H and O–H groups in total. The molecule has 1 atom stereocenters. The molecule has 0 aromatic heterocycles. The van der Waals surface area contributed by atoms with E-state index in [0.29, 0.717) is 5.92 Å². The van der Waals surface area contributed by atoms with Crippen LogP contribution >= 0.6 is 0 Å². The first-order chi connectivity index (χ1) is 5.97. The fourth-order valence-electron chi connectivity index (χ4n) is 2.03. The van der Waals surface area contributed by atoms with Gasteiger partial charge >= 0.3 is 0 Å². The largest absolute Gasteiger partial charge is 0.490 e. The Morgan fingerprint density at radius 3 is 2.67 bits per heavy atom. The topological polar surface area (TPSA) is 21.6 Å². The third-order valence-electron chi connectivity index (χ3n) is 2.73. The number of hydrogen-bond donors (Lipinski definition) is 0. The van der Waals surface area contributed by atoms with Crippen molar-refractivity contribution in [3.05, 3.63) is 12.5 Å². The standard InChI is InChI=1S/C10H15NO/c1-2-4-9(5-3-1)10-8-11-6-7-12-10/h6-10H,1-5H2. The van der Waals surface area contributed by atoms with Crippen molar-refractivity contribution >= 4 is 6.21 Å². The second-order valence-electron chi connectivity index (χ2n) is 3.58. The second kappa shape index (κ2) is 3.74. The molecule has 1 unspecified atom stereocenters. The van der Waals surface area contributed by atoms with Crippen molar-refractivity contribution < 1.29 is 4.74 Å². The molecule has 0 bridgehead atoms. The maximum absolute atomic E-state index is 5.49. The Bertz CT molecular complexity index is 192. The van der Waals surface area contributed by atoms with E-state index in [1.165, 1.54) is 32.1 Å². The van der Waals surface area contributed by atoms with Gasteiger partial charge in [0.15, 0.2) is 0 Å². The molecular weight excluding hydrogens is 150 g/mol. The van der Waals surface area contributed by atoms with Crippen LogP contribution in [0.2, 0.25) is 0 Å². The van der Waals surface area contributed by atoms with E-state index in [-0.39, 0.29) is 6.10 Å². The summed E-state index contributed by atoms with van der Waals surface area (Å²) in [6.45, 7) is 0. The molecule has 1 aliphatic heterocycles. The summed E-state index contributed by atoms with van der Waals surface area (Å²) in [5, 5.41) is 0. The lowest BCUT2D eigenvalue weighted by Gasteiger charge is -2.27. The molecule has 0 radical (unpaired) electrons. The maximum atomic E-state index is 5.49. The highest BCUT2D eigenvalue weighted by Crippen LogP contribution is 2.27. The van der Waals surface area contributed by atoms with Gasteiger partial charge in [-0.15, -0.1) is 0 Å². The van der Waals surface area contributed by atoms with E-state index < -0.39 is 0 Å². The van der Waals surface area contributed by atoms with E-state index in [0.717, 1.165) is 0 Å². The first-order valence-electron chi connectivity index (χ1n) is 4.80. The van der Waals surface area contributed by atoms with Gasteiger partial charge in [0.1, 0.15) is 12.4 Å². The van der Waals surface area contributed by atoms with Gasteiger partial charge in [0.25, 0.3) is 0 Å². The van der Waals surface area contributed by atoms with Crippen LogP contribution in [0.3, 0.4) is 0 Å². The molecule has 2 nitrogen and oxygen atoms in total.